The normalized spacial score (nSPS) is 17.8. The second-order valence-corrected chi connectivity index (χ2v) is 7.08. The molecule has 118 valence electrons. The Morgan fingerprint density at radius 3 is 2.77 bits per heavy atom. The number of aromatic nitrogens is 3. The Bertz CT molecular complexity index is 640. The van der Waals surface area contributed by atoms with Gasteiger partial charge in [0, 0.05) is 57.5 Å². The highest BCUT2D eigenvalue weighted by Crippen LogP contribution is 2.28. The van der Waals surface area contributed by atoms with E-state index in [-0.39, 0.29) is 0 Å². The topological polar surface area (TPSA) is 48.4 Å². The SMILES string of the molecule is Cc1cnc(N2CCC(N(C)c3ccnc(N(C)C)n3)C2)s1. The Labute approximate surface area is 135 Å². The van der Waals surface area contributed by atoms with Crippen LogP contribution < -0.4 is 14.7 Å². The molecule has 3 heterocycles. The zero-order valence-corrected chi connectivity index (χ0v) is 14.3. The number of hydrogen-bond donors (Lipinski definition) is 0. The smallest absolute Gasteiger partial charge is 0.226 e. The van der Waals surface area contributed by atoms with Crippen molar-refractivity contribution in [3.05, 3.63) is 23.3 Å². The van der Waals surface area contributed by atoms with Gasteiger partial charge in [-0.2, -0.15) is 4.98 Å². The zero-order chi connectivity index (χ0) is 15.7. The summed E-state index contributed by atoms with van der Waals surface area (Å²) in [6.45, 7) is 4.14. The van der Waals surface area contributed by atoms with Crippen molar-refractivity contribution in [2.45, 2.75) is 19.4 Å². The van der Waals surface area contributed by atoms with E-state index in [0.29, 0.717) is 6.04 Å². The minimum absolute atomic E-state index is 0.453. The average molecular weight is 318 g/mol. The molecule has 1 atom stereocenters. The summed E-state index contributed by atoms with van der Waals surface area (Å²) in [5.74, 6) is 1.72. The van der Waals surface area contributed by atoms with E-state index in [2.05, 4.69) is 38.7 Å². The first-order valence-corrected chi connectivity index (χ1v) is 8.27. The van der Waals surface area contributed by atoms with Crippen LogP contribution in [0.1, 0.15) is 11.3 Å². The van der Waals surface area contributed by atoms with E-state index in [9.17, 15) is 0 Å². The molecule has 7 heteroatoms. The molecular formula is C15H22N6S. The molecule has 1 fully saturated rings. The van der Waals surface area contributed by atoms with Gasteiger partial charge in [0.15, 0.2) is 5.13 Å². The Balaban J connectivity index is 1.71. The molecule has 0 radical (unpaired) electrons. The van der Waals surface area contributed by atoms with E-state index >= 15 is 0 Å². The van der Waals surface area contributed by atoms with Gasteiger partial charge in [-0.3, -0.25) is 0 Å². The summed E-state index contributed by atoms with van der Waals surface area (Å²) < 4.78 is 0. The molecule has 0 bridgehead atoms. The molecule has 0 aliphatic carbocycles. The standard InChI is InChI=1S/C15H22N6S/c1-11-9-17-15(22-11)21-8-6-12(10-21)20(4)13-5-7-16-14(18-13)19(2)3/h5,7,9,12H,6,8,10H2,1-4H3. The van der Waals surface area contributed by atoms with Crippen molar-refractivity contribution in [2.24, 2.45) is 0 Å². The molecule has 0 amide bonds. The van der Waals surface area contributed by atoms with Crippen LogP contribution >= 0.6 is 11.3 Å². The third-order valence-electron chi connectivity index (χ3n) is 3.98. The van der Waals surface area contributed by atoms with E-state index < -0.39 is 0 Å². The first kappa shape index (κ1) is 15.0. The monoisotopic (exact) mass is 318 g/mol. The highest BCUT2D eigenvalue weighted by atomic mass is 32.1. The first-order chi connectivity index (χ1) is 10.5. The molecule has 0 N–H and O–H groups in total. The summed E-state index contributed by atoms with van der Waals surface area (Å²) in [6.07, 6.45) is 4.90. The van der Waals surface area contributed by atoms with Crippen LogP contribution in [-0.2, 0) is 0 Å². The molecule has 1 saturated heterocycles. The van der Waals surface area contributed by atoms with Crippen LogP contribution in [0.2, 0.25) is 0 Å². The maximum Gasteiger partial charge on any atom is 0.226 e. The lowest BCUT2D eigenvalue weighted by atomic mass is 10.2. The molecule has 2 aromatic heterocycles. The van der Waals surface area contributed by atoms with E-state index in [1.54, 1.807) is 11.3 Å². The number of likely N-dealkylation sites (N-methyl/N-ethyl adjacent to an activating group) is 1. The van der Waals surface area contributed by atoms with Crippen LogP contribution in [0.5, 0.6) is 0 Å². The van der Waals surface area contributed by atoms with Gasteiger partial charge in [0.1, 0.15) is 5.82 Å². The largest absolute Gasteiger partial charge is 0.355 e. The number of thiazole rings is 1. The summed E-state index contributed by atoms with van der Waals surface area (Å²) in [5, 5.41) is 1.13. The van der Waals surface area contributed by atoms with E-state index in [1.165, 1.54) is 4.88 Å². The Kier molecular flexibility index (Phi) is 4.15. The number of nitrogens with zero attached hydrogens (tertiary/aromatic N) is 6. The number of hydrogen-bond acceptors (Lipinski definition) is 7. The predicted octanol–water partition coefficient (Wildman–Crippen LogP) is 2.02. The maximum absolute atomic E-state index is 4.63. The van der Waals surface area contributed by atoms with Crippen LogP contribution in [0.15, 0.2) is 18.5 Å². The molecule has 2 aromatic rings. The fourth-order valence-electron chi connectivity index (χ4n) is 2.66. The van der Waals surface area contributed by atoms with Crippen molar-refractivity contribution < 1.29 is 0 Å². The summed E-state index contributed by atoms with van der Waals surface area (Å²) in [5.41, 5.74) is 0. The number of aryl methyl sites for hydroxylation is 1. The van der Waals surface area contributed by atoms with Crippen molar-refractivity contribution in [1.82, 2.24) is 15.0 Å². The molecule has 6 nitrogen and oxygen atoms in total. The van der Waals surface area contributed by atoms with Crippen molar-refractivity contribution in [2.75, 3.05) is 48.9 Å². The van der Waals surface area contributed by atoms with Gasteiger partial charge >= 0.3 is 0 Å². The quantitative estimate of drug-likeness (QED) is 0.859. The second kappa shape index (κ2) is 6.08. The van der Waals surface area contributed by atoms with E-state index in [4.69, 9.17) is 0 Å². The Morgan fingerprint density at radius 2 is 2.09 bits per heavy atom. The summed E-state index contributed by atoms with van der Waals surface area (Å²) >= 11 is 1.76. The Hall–Kier alpha value is -1.89. The van der Waals surface area contributed by atoms with Gasteiger partial charge in [-0.1, -0.05) is 0 Å². The third-order valence-corrected chi connectivity index (χ3v) is 4.95. The lowest BCUT2D eigenvalue weighted by molar-refractivity contribution is 0.683. The summed E-state index contributed by atoms with van der Waals surface area (Å²) in [6, 6.07) is 2.43. The second-order valence-electron chi connectivity index (χ2n) is 5.86. The summed E-state index contributed by atoms with van der Waals surface area (Å²) in [7, 11) is 6.03. The van der Waals surface area contributed by atoms with E-state index in [1.807, 2.05) is 37.5 Å². The van der Waals surface area contributed by atoms with Crippen molar-refractivity contribution in [1.29, 1.82) is 0 Å². The first-order valence-electron chi connectivity index (χ1n) is 7.45. The molecule has 1 aliphatic heterocycles. The molecule has 0 spiro atoms. The van der Waals surface area contributed by atoms with Crippen LogP contribution in [-0.4, -0.2) is 55.2 Å². The molecule has 0 saturated carbocycles. The van der Waals surface area contributed by atoms with Crippen LogP contribution in [0.25, 0.3) is 0 Å². The minimum Gasteiger partial charge on any atom is -0.355 e. The average Bonchev–Trinajstić information content (AvgIpc) is 3.15. The van der Waals surface area contributed by atoms with Crippen molar-refractivity contribution in [3.63, 3.8) is 0 Å². The molecule has 3 rings (SSSR count). The molecule has 0 aromatic carbocycles. The van der Waals surface area contributed by atoms with Gasteiger partial charge in [-0.15, -0.1) is 11.3 Å². The molecular weight excluding hydrogens is 296 g/mol. The van der Waals surface area contributed by atoms with Crippen LogP contribution in [0.3, 0.4) is 0 Å². The molecule has 1 aliphatic rings. The Morgan fingerprint density at radius 1 is 1.27 bits per heavy atom. The van der Waals surface area contributed by atoms with Crippen molar-refractivity contribution in [3.8, 4) is 0 Å². The highest BCUT2D eigenvalue weighted by Gasteiger charge is 2.28. The molecule has 1 unspecified atom stereocenters. The highest BCUT2D eigenvalue weighted by molar-refractivity contribution is 7.15. The maximum atomic E-state index is 4.63. The van der Waals surface area contributed by atoms with Gasteiger partial charge < -0.3 is 14.7 Å². The van der Waals surface area contributed by atoms with Crippen molar-refractivity contribution >= 4 is 28.2 Å². The van der Waals surface area contributed by atoms with Crippen LogP contribution in [0.4, 0.5) is 16.9 Å². The van der Waals surface area contributed by atoms with Crippen LogP contribution in [0, 0.1) is 6.92 Å². The lowest BCUT2D eigenvalue weighted by Crippen LogP contribution is -2.35. The third kappa shape index (κ3) is 2.99. The fraction of sp³-hybridized carbons (Fsp3) is 0.533. The van der Waals surface area contributed by atoms with Gasteiger partial charge in [0.05, 0.1) is 0 Å². The number of anilines is 3. The predicted molar refractivity (Wildman–Crippen MR) is 92.2 cm³/mol. The van der Waals surface area contributed by atoms with E-state index in [0.717, 1.165) is 36.4 Å². The van der Waals surface area contributed by atoms with Gasteiger partial charge in [-0.05, 0) is 19.4 Å². The minimum atomic E-state index is 0.453. The number of rotatable bonds is 4. The fourth-order valence-corrected chi connectivity index (χ4v) is 3.45. The zero-order valence-electron chi connectivity index (χ0n) is 13.5. The molecule has 22 heavy (non-hydrogen) atoms. The summed E-state index contributed by atoms with van der Waals surface area (Å²) in [4.78, 5) is 21.2. The van der Waals surface area contributed by atoms with Gasteiger partial charge in [0.2, 0.25) is 5.95 Å². The van der Waals surface area contributed by atoms with Gasteiger partial charge in [0.25, 0.3) is 0 Å². The lowest BCUT2D eigenvalue weighted by Gasteiger charge is -2.26. The van der Waals surface area contributed by atoms with Gasteiger partial charge in [-0.25, -0.2) is 9.97 Å².